The highest BCUT2D eigenvalue weighted by atomic mass is 32.1. The number of hydrogen-bond acceptors (Lipinski definition) is 7. The molecule has 1 amide bonds. The number of carbonyl (C=O) groups is 1. The Morgan fingerprint density at radius 3 is 2.82 bits per heavy atom. The first kappa shape index (κ1) is 23.2. The van der Waals surface area contributed by atoms with Gasteiger partial charge in [-0.15, -0.1) is 11.3 Å². The van der Waals surface area contributed by atoms with Crippen LogP contribution < -0.4 is 21.9 Å². The summed E-state index contributed by atoms with van der Waals surface area (Å²) in [5.41, 5.74) is 6.08. The monoisotopic (exact) mass is 470 g/mol. The van der Waals surface area contributed by atoms with Gasteiger partial charge in [0.05, 0.1) is 22.8 Å². The van der Waals surface area contributed by atoms with Gasteiger partial charge in [-0.1, -0.05) is 25.5 Å². The summed E-state index contributed by atoms with van der Waals surface area (Å²) in [4.78, 5) is 48.9. The van der Waals surface area contributed by atoms with Crippen LogP contribution in [0.25, 0.3) is 10.2 Å². The number of rotatable bonds is 8. The smallest absolute Gasteiger partial charge is 0.330 e. The van der Waals surface area contributed by atoms with E-state index in [-0.39, 0.29) is 36.5 Å². The molecule has 3 N–H and O–H groups in total. The lowest BCUT2D eigenvalue weighted by molar-refractivity contribution is -0.119. The lowest BCUT2D eigenvalue weighted by Crippen LogP contribution is -2.45. The number of fused-ring (bicyclic) bond motifs is 1. The molecule has 0 bridgehead atoms. The maximum atomic E-state index is 13.4. The Bertz CT molecular complexity index is 1230. The zero-order valence-electron chi connectivity index (χ0n) is 19.0. The number of benzene rings is 1. The zero-order valence-corrected chi connectivity index (χ0v) is 19.9. The van der Waals surface area contributed by atoms with E-state index in [0.717, 1.165) is 47.5 Å². The summed E-state index contributed by atoms with van der Waals surface area (Å²) in [5.74, 6) is -0.181. The molecule has 0 aliphatic carbocycles. The number of thiazole rings is 1. The Morgan fingerprint density at radius 2 is 2.09 bits per heavy atom. The minimum Gasteiger partial charge on any atom is -0.383 e. The Labute approximate surface area is 195 Å². The number of hydrogen-bond donors (Lipinski definition) is 2. The molecule has 1 atom stereocenters. The van der Waals surface area contributed by atoms with E-state index in [1.54, 1.807) is 18.3 Å². The quantitative estimate of drug-likeness (QED) is 0.523. The summed E-state index contributed by atoms with van der Waals surface area (Å²) in [6, 6.07) is 8.10. The van der Waals surface area contributed by atoms with E-state index in [1.807, 2.05) is 25.1 Å². The maximum Gasteiger partial charge on any atom is 0.330 e. The van der Waals surface area contributed by atoms with Crippen LogP contribution in [0.2, 0.25) is 0 Å². The molecule has 1 aliphatic heterocycles. The number of nitrogens with two attached hydrogens (primary N) is 1. The molecule has 0 saturated carbocycles. The first-order valence-electron chi connectivity index (χ1n) is 11.5. The number of aromatic nitrogens is 3. The topological polar surface area (TPSA) is 117 Å². The number of anilines is 2. The molecule has 3 aromatic rings. The third-order valence-electron chi connectivity index (χ3n) is 6.13. The van der Waals surface area contributed by atoms with Crippen LogP contribution in [0.1, 0.15) is 50.6 Å². The molecule has 4 rings (SSSR count). The summed E-state index contributed by atoms with van der Waals surface area (Å²) < 4.78 is 2.48. The molecule has 1 fully saturated rings. The average molecular weight is 471 g/mol. The third kappa shape index (κ3) is 4.58. The van der Waals surface area contributed by atoms with Gasteiger partial charge in [-0.2, -0.15) is 0 Å². The number of amides is 1. The summed E-state index contributed by atoms with van der Waals surface area (Å²) in [6.45, 7) is 5.41. The fraction of sp³-hybridized carbons (Fsp3) is 0.478. The van der Waals surface area contributed by atoms with Gasteiger partial charge in [-0.25, -0.2) is 9.78 Å². The molecule has 0 spiro atoms. The van der Waals surface area contributed by atoms with E-state index in [9.17, 15) is 14.4 Å². The van der Waals surface area contributed by atoms with E-state index >= 15 is 0 Å². The molecule has 0 unspecified atom stereocenters. The highest BCUT2D eigenvalue weighted by Gasteiger charge is 2.32. The molecule has 1 aliphatic rings. The number of nitrogen functional groups attached to an aromatic ring is 1. The first-order valence-corrected chi connectivity index (χ1v) is 12.3. The van der Waals surface area contributed by atoms with Crippen LogP contribution >= 0.6 is 11.3 Å². The summed E-state index contributed by atoms with van der Waals surface area (Å²) in [6.07, 6.45) is 3.53. The highest BCUT2D eigenvalue weighted by molar-refractivity contribution is 7.18. The van der Waals surface area contributed by atoms with Gasteiger partial charge >= 0.3 is 5.69 Å². The van der Waals surface area contributed by atoms with Crippen molar-refractivity contribution >= 4 is 39.0 Å². The van der Waals surface area contributed by atoms with Crippen molar-refractivity contribution in [1.82, 2.24) is 19.4 Å². The number of likely N-dealkylation sites (tertiary alicyclic amines) is 1. The van der Waals surface area contributed by atoms with Gasteiger partial charge < -0.3 is 10.6 Å². The van der Waals surface area contributed by atoms with Crippen LogP contribution in [-0.4, -0.2) is 45.0 Å². The standard InChI is InChI=1S/C23H30N6O3S/c1-3-5-13-29-20(24)19(21(31)26-23(29)32)28(4-2)18(30)14-27-12-8-10-16(27)22-25-15-9-6-7-11-17(15)33-22/h6-7,9,11,16H,3-5,8,10,12-14,24H2,1-2H3,(H,26,31,32)/t16-/m1/s1. The number of nitrogens with zero attached hydrogens (tertiary/aromatic N) is 4. The van der Waals surface area contributed by atoms with Crippen LogP contribution in [0.15, 0.2) is 33.9 Å². The Hall–Kier alpha value is -2.98. The molecule has 10 heteroatoms. The molecular formula is C23H30N6O3S. The van der Waals surface area contributed by atoms with Gasteiger partial charge in [0, 0.05) is 13.1 Å². The lowest BCUT2D eigenvalue weighted by atomic mass is 10.2. The predicted octanol–water partition coefficient (Wildman–Crippen LogP) is 2.72. The van der Waals surface area contributed by atoms with Crippen LogP contribution in [0.5, 0.6) is 0 Å². The van der Waals surface area contributed by atoms with Crippen molar-refractivity contribution in [2.75, 3.05) is 30.3 Å². The number of unbranched alkanes of at least 4 members (excludes halogenated alkanes) is 1. The van der Waals surface area contributed by atoms with Crippen LogP contribution in [0.3, 0.4) is 0 Å². The van der Waals surface area contributed by atoms with Crippen LogP contribution in [0, 0.1) is 0 Å². The SMILES string of the molecule is CCCCn1c(N)c(N(CC)C(=O)CN2CCC[C@@H]2c2nc3ccccc3s2)c(=O)[nH]c1=O. The molecule has 1 saturated heterocycles. The number of para-hydroxylation sites is 1. The molecule has 3 heterocycles. The van der Waals surface area contributed by atoms with Gasteiger partial charge in [0.1, 0.15) is 10.8 Å². The molecule has 33 heavy (non-hydrogen) atoms. The van der Waals surface area contributed by atoms with Crippen molar-refractivity contribution < 1.29 is 4.79 Å². The molecule has 1 aromatic carbocycles. The van der Waals surface area contributed by atoms with E-state index in [2.05, 4.69) is 16.0 Å². The summed E-state index contributed by atoms with van der Waals surface area (Å²) >= 11 is 1.66. The minimum absolute atomic E-state index is 0.0385. The number of likely N-dealkylation sites (N-methyl/N-ethyl adjacent to an activating group) is 1. The lowest BCUT2D eigenvalue weighted by Gasteiger charge is -2.27. The summed E-state index contributed by atoms with van der Waals surface area (Å²) in [7, 11) is 0. The zero-order chi connectivity index (χ0) is 23.5. The van der Waals surface area contributed by atoms with Crippen LogP contribution in [0.4, 0.5) is 11.5 Å². The number of H-pyrrole nitrogens is 1. The van der Waals surface area contributed by atoms with Gasteiger partial charge in [0.25, 0.3) is 5.56 Å². The van der Waals surface area contributed by atoms with E-state index in [0.29, 0.717) is 6.54 Å². The van der Waals surface area contributed by atoms with Crippen molar-refractivity contribution in [2.24, 2.45) is 0 Å². The average Bonchev–Trinajstić information content (AvgIpc) is 3.42. The van der Waals surface area contributed by atoms with Crippen molar-refractivity contribution in [3.63, 3.8) is 0 Å². The fourth-order valence-electron chi connectivity index (χ4n) is 4.42. The normalized spacial score (nSPS) is 16.5. The van der Waals surface area contributed by atoms with E-state index in [1.165, 1.54) is 9.47 Å². The molecular weight excluding hydrogens is 440 g/mol. The second-order valence-corrected chi connectivity index (χ2v) is 9.35. The maximum absolute atomic E-state index is 13.4. The highest BCUT2D eigenvalue weighted by Crippen LogP contribution is 2.36. The van der Waals surface area contributed by atoms with Crippen molar-refractivity contribution in [3.05, 3.63) is 50.1 Å². The number of aromatic amines is 1. The number of carbonyl (C=O) groups excluding carboxylic acids is 1. The largest absolute Gasteiger partial charge is 0.383 e. The van der Waals surface area contributed by atoms with E-state index < -0.39 is 11.2 Å². The second kappa shape index (κ2) is 9.88. The Balaban J connectivity index is 1.59. The van der Waals surface area contributed by atoms with Gasteiger partial charge in [-0.3, -0.25) is 24.0 Å². The van der Waals surface area contributed by atoms with Gasteiger partial charge in [0.2, 0.25) is 5.91 Å². The molecule has 0 radical (unpaired) electrons. The van der Waals surface area contributed by atoms with Crippen molar-refractivity contribution in [1.29, 1.82) is 0 Å². The Kier molecular flexibility index (Phi) is 6.94. The molecule has 176 valence electrons. The fourth-order valence-corrected chi connectivity index (χ4v) is 5.56. The van der Waals surface area contributed by atoms with Gasteiger partial charge in [-0.05, 0) is 44.9 Å². The number of nitrogens with one attached hydrogen (secondary N) is 1. The van der Waals surface area contributed by atoms with Crippen LogP contribution in [-0.2, 0) is 11.3 Å². The van der Waals surface area contributed by atoms with Gasteiger partial charge in [0.15, 0.2) is 5.69 Å². The van der Waals surface area contributed by atoms with E-state index in [4.69, 9.17) is 10.7 Å². The van der Waals surface area contributed by atoms with Crippen molar-refractivity contribution in [2.45, 2.75) is 52.1 Å². The molecule has 9 nitrogen and oxygen atoms in total. The molecule has 2 aromatic heterocycles. The minimum atomic E-state index is -0.635. The first-order chi connectivity index (χ1) is 15.9. The third-order valence-corrected chi connectivity index (χ3v) is 7.27. The van der Waals surface area contributed by atoms with Crippen molar-refractivity contribution in [3.8, 4) is 0 Å². The predicted molar refractivity (Wildman–Crippen MR) is 132 cm³/mol. The summed E-state index contributed by atoms with van der Waals surface area (Å²) in [5, 5.41) is 1.01. The second-order valence-electron chi connectivity index (χ2n) is 8.28. The Morgan fingerprint density at radius 1 is 1.30 bits per heavy atom.